The van der Waals surface area contributed by atoms with Gasteiger partial charge in [-0.05, 0) is 49.6 Å². The highest BCUT2D eigenvalue weighted by Crippen LogP contribution is 2.46. The van der Waals surface area contributed by atoms with Crippen molar-refractivity contribution < 1.29 is 19.1 Å². The first-order valence-corrected chi connectivity index (χ1v) is 12.8. The number of rotatable bonds is 7. The van der Waals surface area contributed by atoms with Crippen molar-refractivity contribution in [1.29, 1.82) is 0 Å². The number of Topliss-reactive ketones (excluding diaryl/α,β-unsaturated/α-hetero) is 1. The maximum Gasteiger partial charge on any atom is 0.234 e. The quantitative estimate of drug-likeness (QED) is 0.531. The predicted molar refractivity (Wildman–Crippen MR) is 131 cm³/mol. The average Bonchev–Trinajstić information content (AvgIpc) is 3.26. The normalized spacial score (nSPS) is 19.1. The van der Waals surface area contributed by atoms with Crippen molar-refractivity contribution in [3.8, 4) is 11.5 Å². The summed E-state index contributed by atoms with van der Waals surface area (Å²) in [6.45, 7) is 4.58. The summed E-state index contributed by atoms with van der Waals surface area (Å²) < 4.78 is 12.4. The Kier molecular flexibility index (Phi) is 7.56. The van der Waals surface area contributed by atoms with E-state index in [1.807, 2.05) is 12.1 Å². The van der Waals surface area contributed by atoms with Gasteiger partial charge in [0.15, 0.2) is 17.3 Å². The van der Waals surface area contributed by atoms with Gasteiger partial charge in [0.25, 0.3) is 0 Å². The number of nitrogens with one attached hydrogen (secondary N) is 1. The van der Waals surface area contributed by atoms with Gasteiger partial charge in [-0.3, -0.25) is 19.4 Å². The van der Waals surface area contributed by atoms with Gasteiger partial charge in [-0.15, -0.1) is 11.3 Å². The van der Waals surface area contributed by atoms with Crippen LogP contribution in [0.15, 0.2) is 25.8 Å². The van der Waals surface area contributed by atoms with E-state index in [9.17, 15) is 9.59 Å². The molecule has 10 heteroatoms. The second-order valence-electron chi connectivity index (χ2n) is 7.93. The van der Waals surface area contributed by atoms with Crippen LogP contribution in [-0.4, -0.2) is 68.4 Å². The summed E-state index contributed by atoms with van der Waals surface area (Å²) in [5.74, 6) is 1.49. The Morgan fingerprint density at radius 2 is 1.78 bits per heavy atom. The van der Waals surface area contributed by atoms with Crippen LogP contribution in [0.3, 0.4) is 0 Å². The van der Waals surface area contributed by atoms with Crippen LogP contribution in [0.5, 0.6) is 11.5 Å². The minimum absolute atomic E-state index is 0.0433. The molecular formula is C22H25Br2N3O4S. The average molecular weight is 587 g/mol. The van der Waals surface area contributed by atoms with Gasteiger partial charge >= 0.3 is 0 Å². The molecule has 2 heterocycles. The Bertz CT molecular complexity index is 1020. The SMILES string of the molecule is COc1ccc(CN2CCN(CC(=O)NC3CC(=O)c4c(Br)sc(Br)c43)CC2)cc1OC. The lowest BCUT2D eigenvalue weighted by atomic mass is 10.1. The van der Waals surface area contributed by atoms with E-state index >= 15 is 0 Å². The van der Waals surface area contributed by atoms with Crippen LogP contribution in [0.1, 0.15) is 33.9 Å². The van der Waals surface area contributed by atoms with Crippen LogP contribution >= 0.6 is 43.2 Å². The third-order valence-corrected chi connectivity index (χ3v) is 8.47. The van der Waals surface area contributed by atoms with Crippen molar-refractivity contribution in [3.05, 3.63) is 42.5 Å². The monoisotopic (exact) mass is 585 g/mol. The lowest BCUT2D eigenvalue weighted by Crippen LogP contribution is -2.49. The second-order valence-corrected chi connectivity index (χ2v) is 11.6. The van der Waals surface area contributed by atoms with Crippen molar-refractivity contribution >= 4 is 54.9 Å². The zero-order chi connectivity index (χ0) is 22.8. The number of halogens is 2. The fraction of sp³-hybridized carbons (Fsp3) is 0.455. The maximum absolute atomic E-state index is 12.7. The highest BCUT2D eigenvalue weighted by molar-refractivity contribution is 9.12. The Balaban J connectivity index is 1.27. The molecule has 1 saturated heterocycles. The minimum Gasteiger partial charge on any atom is -0.493 e. The molecule has 0 bridgehead atoms. The molecule has 1 fully saturated rings. The fourth-order valence-corrected chi connectivity index (χ4v) is 7.63. The molecule has 0 radical (unpaired) electrons. The van der Waals surface area contributed by atoms with Gasteiger partial charge in [-0.2, -0.15) is 0 Å². The van der Waals surface area contributed by atoms with E-state index in [1.165, 1.54) is 16.9 Å². The van der Waals surface area contributed by atoms with E-state index in [0.717, 1.165) is 57.4 Å². The first-order chi connectivity index (χ1) is 15.4. The zero-order valence-corrected chi connectivity index (χ0v) is 21.9. The van der Waals surface area contributed by atoms with Gasteiger partial charge < -0.3 is 14.8 Å². The number of methoxy groups -OCH3 is 2. The minimum atomic E-state index is -0.256. The molecule has 172 valence electrons. The van der Waals surface area contributed by atoms with E-state index in [4.69, 9.17) is 9.47 Å². The molecular weight excluding hydrogens is 562 g/mol. The fourth-order valence-electron chi connectivity index (χ4n) is 4.26. The number of carbonyl (C=O) groups excluding carboxylic acids is 2. The Morgan fingerprint density at radius 1 is 1.09 bits per heavy atom. The van der Waals surface area contributed by atoms with E-state index in [0.29, 0.717) is 18.5 Å². The number of hydrogen-bond donors (Lipinski definition) is 1. The molecule has 1 atom stereocenters. The number of ketones is 1. The number of benzene rings is 1. The third kappa shape index (κ3) is 5.04. The number of fused-ring (bicyclic) bond motifs is 1. The second kappa shape index (κ2) is 10.2. The van der Waals surface area contributed by atoms with Gasteiger partial charge in [-0.25, -0.2) is 0 Å². The highest BCUT2D eigenvalue weighted by Gasteiger charge is 2.36. The molecule has 2 aliphatic rings. The van der Waals surface area contributed by atoms with Crippen LogP contribution in [0, 0.1) is 0 Å². The van der Waals surface area contributed by atoms with E-state index in [1.54, 1.807) is 14.2 Å². The third-order valence-electron chi connectivity index (χ3n) is 5.90. The number of thiophene rings is 1. The Morgan fingerprint density at radius 3 is 2.47 bits per heavy atom. The topological polar surface area (TPSA) is 71.1 Å². The first kappa shape index (κ1) is 23.7. The van der Waals surface area contributed by atoms with Crippen molar-refractivity contribution in [3.63, 3.8) is 0 Å². The number of ether oxygens (including phenoxy) is 2. The molecule has 0 saturated carbocycles. The molecule has 1 amide bonds. The number of amides is 1. The molecule has 7 nitrogen and oxygen atoms in total. The molecule has 4 rings (SSSR count). The summed E-state index contributed by atoms with van der Waals surface area (Å²) in [7, 11) is 3.28. The summed E-state index contributed by atoms with van der Waals surface area (Å²) >= 11 is 8.46. The molecule has 1 aliphatic heterocycles. The summed E-state index contributed by atoms with van der Waals surface area (Å²) in [5, 5.41) is 3.06. The predicted octanol–water partition coefficient (Wildman–Crippen LogP) is 3.85. The van der Waals surface area contributed by atoms with Gasteiger partial charge in [0, 0.05) is 50.3 Å². The van der Waals surface area contributed by atoms with E-state index in [2.05, 4.69) is 53.0 Å². The number of nitrogens with zero attached hydrogens (tertiary/aromatic N) is 2. The van der Waals surface area contributed by atoms with Crippen LogP contribution < -0.4 is 14.8 Å². The van der Waals surface area contributed by atoms with Crippen molar-refractivity contribution in [2.75, 3.05) is 46.9 Å². The molecule has 1 aromatic carbocycles. The lowest BCUT2D eigenvalue weighted by Gasteiger charge is -2.34. The largest absolute Gasteiger partial charge is 0.493 e. The lowest BCUT2D eigenvalue weighted by molar-refractivity contribution is -0.123. The van der Waals surface area contributed by atoms with Gasteiger partial charge in [0.1, 0.15) is 0 Å². The number of hydrogen-bond acceptors (Lipinski definition) is 7. The van der Waals surface area contributed by atoms with Gasteiger partial charge in [0.2, 0.25) is 5.91 Å². The van der Waals surface area contributed by atoms with Crippen LogP contribution in [0.25, 0.3) is 0 Å². The molecule has 0 spiro atoms. The zero-order valence-electron chi connectivity index (χ0n) is 18.0. The van der Waals surface area contributed by atoms with Crippen LogP contribution in [-0.2, 0) is 11.3 Å². The summed E-state index contributed by atoms with van der Waals surface area (Å²) in [6.07, 6.45) is 0.320. The molecule has 2 aromatic rings. The molecule has 1 aliphatic carbocycles. The summed E-state index contributed by atoms with van der Waals surface area (Å²) in [4.78, 5) is 29.5. The number of piperazine rings is 1. The van der Waals surface area contributed by atoms with Gasteiger partial charge in [0.05, 0.1) is 34.4 Å². The Hall–Kier alpha value is -1.46. The van der Waals surface area contributed by atoms with Crippen LogP contribution in [0.4, 0.5) is 0 Å². The smallest absolute Gasteiger partial charge is 0.234 e. The standard InChI is InChI=1S/C22H25Br2N3O4S/c1-30-16-4-3-13(9-17(16)31-2)11-26-5-7-27(8-6-26)12-18(29)25-14-10-15(28)20-19(14)21(23)32-22(20)24/h3-4,9,14H,5-8,10-12H2,1-2H3,(H,25,29). The van der Waals surface area contributed by atoms with E-state index in [-0.39, 0.29) is 17.7 Å². The summed E-state index contributed by atoms with van der Waals surface area (Å²) in [6, 6.07) is 5.74. The summed E-state index contributed by atoms with van der Waals surface area (Å²) in [5.41, 5.74) is 2.78. The molecule has 1 aromatic heterocycles. The Labute approximate surface area is 208 Å². The molecule has 1 unspecified atom stereocenters. The van der Waals surface area contributed by atoms with Crippen LogP contribution in [0.2, 0.25) is 0 Å². The molecule has 1 N–H and O–H groups in total. The first-order valence-electron chi connectivity index (χ1n) is 10.4. The van der Waals surface area contributed by atoms with Gasteiger partial charge in [-0.1, -0.05) is 6.07 Å². The molecule has 32 heavy (non-hydrogen) atoms. The maximum atomic E-state index is 12.7. The van der Waals surface area contributed by atoms with Crippen molar-refractivity contribution in [1.82, 2.24) is 15.1 Å². The van der Waals surface area contributed by atoms with E-state index < -0.39 is 0 Å². The highest BCUT2D eigenvalue weighted by atomic mass is 79.9. The van der Waals surface area contributed by atoms with Crippen molar-refractivity contribution in [2.45, 2.75) is 19.0 Å². The number of carbonyl (C=O) groups is 2. The van der Waals surface area contributed by atoms with Crippen molar-refractivity contribution in [2.24, 2.45) is 0 Å².